The van der Waals surface area contributed by atoms with Crippen molar-refractivity contribution in [2.45, 2.75) is 19.5 Å². The van der Waals surface area contributed by atoms with Crippen LogP contribution in [0.4, 0.5) is 0 Å². The van der Waals surface area contributed by atoms with Crippen LogP contribution in [0, 0.1) is 0 Å². The van der Waals surface area contributed by atoms with E-state index in [4.69, 9.17) is 0 Å². The first-order valence-corrected chi connectivity index (χ1v) is 6.98. The smallest absolute Gasteiger partial charge is 0.148 e. The van der Waals surface area contributed by atoms with Gasteiger partial charge in [-0.15, -0.1) is 0 Å². The fourth-order valence-corrected chi connectivity index (χ4v) is 2.43. The van der Waals surface area contributed by atoms with Crippen LogP contribution in [0.25, 0.3) is 0 Å². The largest absolute Gasteiger partial charge is 0.309 e. The first kappa shape index (κ1) is 12.2. The van der Waals surface area contributed by atoms with Crippen molar-refractivity contribution in [3.63, 3.8) is 0 Å². The Labute approximate surface area is 91.4 Å². The highest BCUT2D eigenvalue weighted by molar-refractivity contribution is 7.90. The lowest BCUT2D eigenvalue weighted by molar-refractivity contribution is 0.560. The molecule has 0 radical (unpaired) electrons. The van der Waals surface area contributed by atoms with Crippen LogP contribution < -0.4 is 5.32 Å². The van der Waals surface area contributed by atoms with Crippen molar-refractivity contribution in [3.05, 3.63) is 35.9 Å². The number of hydrogen-bond donors (Lipinski definition) is 1. The maximum atomic E-state index is 11.0. The zero-order valence-corrected chi connectivity index (χ0v) is 9.92. The first-order valence-electron chi connectivity index (χ1n) is 4.92. The van der Waals surface area contributed by atoms with Crippen molar-refractivity contribution in [1.29, 1.82) is 0 Å². The third kappa shape index (κ3) is 5.54. The van der Waals surface area contributed by atoms with E-state index in [1.165, 1.54) is 6.26 Å². The van der Waals surface area contributed by atoms with Gasteiger partial charge < -0.3 is 5.32 Å². The molecule has 0 saturated heterocycles. The second-order valence-electron chi connectivity index (χ2n) is 3.86. The summed E-state index contributed by atoms with van der Waals surface area (Å²) in [6.07, 6.45) is 1.26. The van der Waals surface area contributed by atoms with Gasteiger partial charge >= 0.3 is 0 Å². The van der Waals surface area contributed by atoms with Crippen molar-refractivity contribution >= 4 is 9.84 Å². The van der Waals surface area contributed by atoms with Gasteiger partial charge in [-0.1, -0.05) is 30.3 Å². The molecule has 0 saturated carbocycles. The highest BCUT2D eigenvalue weighted by atomic mass is 32.2. The molecule has 0 amide bonds. The predicted octanol–water partition coefficient (Wildman–Crippen LogP) is 1.21. The summed E-state index contributed by atoms with van der Waals surface area (Å²) in [6, 6.07) is 9.92. The summed E-state index contributed by atoms with van der Waals surface area (Å²) in [4.78, 5) is 0. The van der Waals surface area contributed by atoms with E-state index >= 15 is 0 Å². The Hall–Kier alpha value is -0.870. The molecular weight excluding hydrogens is 210 g/mol. The lowest BCUT2D eigenvalue weighted by Gasteiger charge is -2.12. The molecule has 1 rings (SSSR count). The molecule has 0 bridgehead atoms. The Bertz CT molecular complexity index is 386. The molecule has 84 valence electrons. The number of benzene rings is 1. The molecule has 3 nitrogen and oxygen atoms in total. The molecule has 0 aliphatic heterocycles. The van der Waals surface area contributed by atoms with Gasteiger partial charge in [0.1, 0.15) is 9.84 Å². The van der Waals surface area contributed by atoms with Crippen LogP contribution in [0.3, 0.4) is 0 Å². The number of hydrogen-bond acceptors (Lipinski definition) is 3. The second-order valence-corrected chi connectivity index (χ2v) is 6.04. The van der Waals surface area contributed by atoms with Gasteiger partial charge in [0, 0.05) is 18.8 Å². The second kappa shape index (κ2) is 5.28. The molecule has 1 N–H and O–H groups in total. The molecule has 15 heavy (non-hydrogen) atoms. The van der Waals surface area contributed by atoms with E-state index in [0.717, 1.165) is 5.56 Å². The fourth-order valence-electron chi connectivity index (χ4n) is 1.40. The van der Waals surface area contributed by atoms with E-state index in [0.29, 0.717) is 6.54 Å². The SMILES string of the molecule is CC(CS(C)(=O)=O)NCc1ccccc1. The van der Waals surface area contributed by atoms with Crippen LogP contribution in [0.15, 0.2) is 30.3 Å². The topological polar surface area (TPSA) is 46.2 Å². The van der Waals surface area contributed by atoms with E-state index in [-0.39, 0.29) is 11.8 Å². The molecule has 4 heteroatoms. The Morgan fingerprint density at radius 2 is 1.87 bits per heavy atom. The van der Waals surface area contributed by atoms with Crippen LogP contribution in [-0.2, 0) is 16.4 Å². The minimum Gasteiger partial charge on any atom is -0.309 e. The van der Waals surface area contributed by atoms with Crippen molar-refractivity contribution < 1.29 is 8.42 Å². The Balaban J connectivity index is 2.38. The molecule has 0 aromatic heterocycles. The average Bonchev–Trinajstić information content (AvgIpc) is 2.14. The minimum absolute atomic E-state index is 0.0137. The zero-order valence-electron chi connectivity index (χ0n) is 9.10. The summed E-state index contributed by atoms with van der Waals surface area (Å²) in [5.74, 6) is 0.180. The van der Waals surface area contributed by atoms with Gasteiger partial charge in [-0.2, -0.15) is 0 Å². The maximum Gasteiger partial charge on any atom is 0.148 e. The summed E-state index contributed by atoms with van der Waals surface area (Å²) in [7, 11) is -2.89. The molecule has 1 aromatic rings. The van der Waals surface area contributed by atoms with Crippen LogP contribution in [0.1, 0.15) is 12.5 Å². The molecule has 0 spiro atoms. The Morgan fingerprint density at radius 3 is 2.40 bits per heavy atom. The van der Waals surface area contributed by atoms with E-state index in [9.17, 15) is 8.42 Å². The van der Waals surface area contributed by atoms with Gasteiger partial charge in [0.2, 0.25) is 0 Å². The summed E-state index contributed by atoms with van der Waals surface area (Å²) in [5.41, 5.74) is 1.16. The summed E-state index contributed by atoms with van der Waals surface area (Å²) < 4.78 is 22.0. The van der Waals surface area contributed by atoms with Crippen LogP contribution in [0.2, 0.25) is 0 Å². The van der Waals surface area contributed by atoms with Crippen molar-refractivity contribution in [2.24, 2.45) is 0 Å². The van der Waals surface area contributed by atoms with Gasteiger partial charge in [0.25, 0.3) is 0 Å². The van der Waals surface area contributed by atoms with E-state index in [1.807, 2.05) is 37.3 Å². The molecular formula is C11H17NO2S. The van der Waals surface area contributed by atoms with Crippen molar-refractivity contribution in [2.75, 3.05) is 12.0 Å². The number of sulfone groups is 1. The molecule has 0 aliphatic rings. The number of nitrogens with one attached hydrogen (secondary N) is 1. The lowest BCUT2D eigenvalue weighted by Crippen LogP contribution is -2.32. The molecule has 1 unspecified atom stereocenters. The normalized spacial score (nSPS) is 13.7. The van der Waals surface area contributed by atoms with E-state index in [2.05, 4.69) is 5.32 Å². The fraction of sp³-hybridized carbons (Fsp3) is 0.455. The average molecular weight is 227 g/mol. The van der Waals surface area contributed by atoms with Gasteiger partial charge in [-0.05, 0) is 12.5 Å². The van der Waals surface area contributed by atoms with Gasteiger partial charge in [-0.3, -0.25) is 0 Å². The quantitative estimate of drug-likeness (QED) is 0.822. The van der Waals surface area contributed by atoms with Crippen LogP contribution in [0.5, 0.6) is 0 Å². The lowest BCUT2D eigenvalue weighted by atomic mass is 10.2. The van der Waals surface area contributed by atoms with Gasteiger partial charge in [0.05, 0.1) is 5.75 Å². The Kier molecular flexibility index (Phi) is 4.29. The van der Waals surface area contributed by atoms with E-state index in [1.54, 1.807) is 0 Å². The predicted molar refractivity (Wildman–Crippen MR) is 62.5 cm³/mol. The molecule has 0 fully saturated rings. The Morgan fingerprint density at radius 1 is 1.27 bits per heavy atom. The highest BCUT2D eigenvalue weighted by Gasteiger charge is 2.09. The highest BCUT2D eigenvalue weighted by Crippen LogP contribution is 1.99. The first-order chi connectivity index (χ1) is 6.97. The molecule has 1 aromatic carbocycles. The van der Waals surface area contributed by atoms with Crippen molar-refractivity contribution in [3.8, 4) is 0 Å². The summed E-state index contributed by atoms with van der Waals surface area (Å²) >= 11 is 0. The summed E-state index contributed by atoms with van der Waals surface area (Å²) in [5, 5.41) is 3.18. The van der Waals surface area contributed by atoms with Crippen LogP contribution >= 0.6 is 0 Å². The standard InChI is InChI=1S/C11H17NO2S/c1-10(9-15(2,13)14)12-8-11-6-4-3-5-7-11/h3-7,10,12H,8-9H2,1-2H3. The minimum atomic E-state index is -2.89. The van der Waals surface area contributed by atoms with Gasteiger partial charge in [0.15, 0.2) is 0 Å². The number of rotatable bonds is 5. The monoisotopic (exact) mass is 227 g/mol. The molecule has 0 aliphatic carbocycles. The summed E-state index contributed by atoms with van der Waals surface area (Å²) in [6.45, 7) is 2.58. The van der Waals surface area contributed by atoms with Gasteiger partial charge in [-0.25, -0.2) is 8.42 Å². The zero-order chi connectivity index (χ0) is 11.3. The van der Waals surface area contributed by atoms with E-state index < -0.39 is 9.84 Å². The molecule has 0 heterocycles. The third-order valence-corrected chi connectivity index (χ3v) is 3.16. The van der Waals surface area contributed by atoms with Crippen molar-refractivity contribution in [1.82, 2.24) is 5.32 Å². The molecule has 1 atom stereocenters. The third-order valence-electron chi connectivity index (χ3n) is 2.05. The van der Waals surface area contributed by atoms with Crippen LogP contribution in [-0.4, -0.2) is 26.5 Å². The maximum absolute atomic E-state index is 11.0.